The lowest BCUT2D eigenvalue weighted by Gasteiger charge is -2.31. The Bertz CT molecular complexity index is 505. The highest BCUT2D eigenvalue weighted by molar-refractivity contribution is 5.65. The standard InChI is InChI=1S/C17H22N2O2/c1-15(20)21-13-6-2-4-11-19-12-5-3-9-17(19)16-8-7-10-18-14-16/h7-8,10,14,17H,3,5-6,9,11-13H2,1H3/p+1/t17-/m0/s1. The zero-order valence-corrected chi connectivity index (χ0v) is 12.6. The molecular formula is C17H23N2O2+. The zero-order chi connectivity index (χ0) is 14.9. The van der Waals surface area contributed by atoms with Gasteiger partial charge in [0.15, 0.2) is 0 Å². The van der Waals surface area contributed by atoms with Crippen molar-refractivity contribution in [2.75, 3.05) is 19.7 Å². The molecule has 1 unspecified atom stereocenters. The van der Waals surface area contributed by atoms with E-state index in [0.717, 1.165) is 13.1 Å². The van der Waals surface area contributed by atoms with E-state index in [1.54, 1.807) is 0 Å². The summed E-state index contributed by atoms with van der Waals surface area (Å²) in [4.78, 5) is 16.4. The molecule has 4 heteroatoms. The number of piperidine rings is 1. The molecule has 1 N–H and O–H groups in total. The highest BCUT2D eigenvalue weighted by atomic mass is 16.5. The molecule has 0 bridgehead atoms. The summed E-state index contributed by atoms with van der Waals surface area (Å²) in [6.45, 7) is 3.82. The predicted octanol–water partition coefficient (Wildman–Crippen LogP) is 1.15. The predicted molar refractivity (Wildman–Crippen MR) is 80.6 cm³/mol. The van der Waals surface area contributed by atoms with Crippen molar-refractivity contribution in [3.05, 3.63) is 30.1 Å². The average molecular weight is 287 g/mol. The van der Waals surface area contributed by atoms with Crippen LogP contribution in [-0.4, -0.2) is 30.6 Å². The Labute approximate surface area is 126 Å². The number of ether oxygens (including phenoxy) is 1. The molecule has 1 aliphatic heterocycles. The van der Waals surface area contributed by atoms with Crippen molar-refractivity contribution in [3.63, 3.8) is 0 Å². The maximum absolute atomic E-state index is 10.6. The third kappa shape index (κ3) is 5.20. The lowest BCUT2D eigenvalue weighted by Crippen LogP contribution is -3.13. The summed E-state index contributed by atoms with van der Waals surface area (Å²) in [5, 5.41) is 0. The Hall–Kier alpha value is -1.86. The van der Waals surface area contributed by atoms with Crippen LogP contribution in [0.1, 0.15) is 44.2 Å². The number of carbonyl (C=O) groups is 1. The number of quaternary nitrogens is 1. The second kappa shape index (κ2) is 8.43. The maximum Gasteiger partial charge on any atom is 0.302 e. The first-order chi connectivity index (χ1) is 10.3. The van der Waals surface area contributed by atoms with Crippen molar-refractivity contribution in [3.8, 4) is 11.8 Å². The third-order valence-corrected chi connectivity index (χ3v) is 3.79. The van der Waals surface area contributed by atoms with E-state index in [0.29, 0.717) is 19.1 Å². The molecule has 1 aliphatic rings. The van der Waals surface area contributed by atoms with Gasteiger partial charge in [0.05, 0.1) is 6.54 Å². The van der Waals surface area contributed by atoms with Crippen LogP contribution in [0, 0.1) is 11.8 Å². The summed E-state index contributed by atoms with van der Waals surface area (Å²) >= 11 is 0. The fourth-order valence-electron chi connectivity index (χ4n) is 2.79. The lowest BCUT2D eigenvalue weighted by atomic mass is 9.96. The van der Waals surface area contributed by atoms with Crippen LogP contribution >= 0.6 is 0 Å². The summed E-state index contributed by atoms with van der Waals surface area (Å²) in [6, 6.07) is 4.68. The zero-order valence-electron chi connectivity index (χ0n) is 12.6. The summed E-state index contributed by atoms with van der Waals surface area (Å²) in [6.07, 6.45) is 8.16. The van der Waals surface area contributed by atoms with Crippen LogP contribution in [0.5, 0.6) is 0 Å². The normalized spacial score (nSPS) is 21.2. The first-order valence-electron chi connectivity index (χ1n) is 7.61. The number of rotatable bonds is 4. The first kappa shape index (κ1) is 15.5. The van der Waals surface area contributed by atoms with Gasteiger partial charge in [0.1, 0.15) is 19.2 Å². The van der Waals surface area contributed by atoms with Gasteiger partial charge < -0.3 is 9.64 Å². The summed E-state index contributed by atoms with van der Waals surface area (Å²) in [7, 11) is 0. The molecule has 2 rings (SSSR count). The molecule has 21 heavy (non-hydrogen) atoms. The molecule has 0 spiro atoms. The number of carbonyl (C=O) groups excluding carboxylic acids is 1. The Morgan fingerprint density at radius 3 is 3.14 bits per heavy atom. The Morgan fingerprint density at radius 1 is 1.48 bits per heavy atom. The van der Waals surface area contributed by atoms with E-state index in [-0.39, 0.29) is 5.97 Å². The maximum atomic E-state index is 10.6. The molecule has 2 atom stereocenters. The number of hydrogen-bond donors (Lipinski definition) is 1. The molecule has 1 aromatic heterocycles. The van der Waals surface area contributed by atoms with Gasteiger partial charge in [-0.05, 0) is 24.8 Å². The van der Waals surface area contributed by atoms with Crippen LogP contribution in [0.4, 0.5) is 0 Å². The van der Waals surface area contributed by atoms with Crippen molar-refractivity contribution >= 4 is 5.97 Å². The fraction of sp³-hybridized carbons (Fsp3) is 0.529. The Kier molecular flexibility index (Phi) is 6.23. The Balaban J connectivity index is 1.85. The van der Waals surface area contributed by atoms with Crippen molar-refractivity contribution in [1.29, 1.82) is 0 Å². The van der Waals surface area contributed by atoms with Crippen LogP contribution < -0.4 is 4.90 Å². The van der Waals surface area contributed by atoms with Gasteiger partial charge in [-0.15, -0.1) is 0 Å². The molecule has 0 amide bonds. The van der Waals surface area contributed by atoms with Crippen molar-refractivity contribution < 1.29 is 14.4 Å². The van der Waals surface area contributed by atoms with Crippen molar-refractivity contribution in [1.82, 2.24) is 4.98 Å². The monoisotopic (exact) mass is 287 g/mol. The van der Waals surface area contributed by atoms with Gasteiger partial charge in [-0.3, -0.25) is 9.78 Å². The molecule has 0 radical (unpaired) electrons. The summed E-state index contributed by atoms with van der Waals surface area (Å²) < 4.78 is 4.87. The second-order valence-electron chi connectivity index (χ2n) is 5.36. The molecular weight excluding hydrogens is 264 g/mol. The summed E-state index contributed by atoms with van der Waals surface area (Å²) in [5.74, 6) is 6.09. The minimum absolute atomic E-state index is 0.241. The van der Waals surface area contributed by atoms with Crippen LogP contribution in [0.25, 0.3) is 0 Å². The number of nitrogens with one attached hydrogen (secondary N) is 1. The minimum Gasteiger partial charge on any atom is -0.465 e. The van der Waals surface area contributed by atoms with E-state index in [4.69, 9.17) is 4.74 Å². The number of aromatic nitrogens is 1. The quantitative estimate of drug-likeness (QED) is 0.513. The highest BCUT2D eigenvalue weighted by Crippen LogP contribution is 2.17. The molecule has 1 aromatic rings. The van der Waals surface area contributed by atoms with E-state index >= 15 is 0 Å². The molecule has 0 saturated carbocycles. The molecule has 2 heterocycles. The van der Waals surface area contributed by atoms with E-state index in [1.807, 2.05) is 18.5 Å². The van der Waals surface area contributed by atoms with Gasteiger partial charge in [0, 0.05) is 37.7 Å². The molecule has 4 nitrogen and oxygen atoms in total. The number of esters is 1. The lowest BCUT2D eigenvalue weighted by molar-refractivity contribution is -0.930. The van der Waals surface area contributed by atoms with Crippen LogP contribution in [0.15, 0.2) is 24.5 Å². The number of likely N-dealkylation sites (tertiary alicyclic amines) is 1. The van der Waals surface area contributed by atoms with Gasteiger partial charge >= 0.3 is 5.97 Å². The van der Waals surface area contributed by atoms with Crippen molar-refractivity contribution in [2.45, 2.75) is 38.6 Å². The molecule has 1 fully saturated rings. The minimum atomic E-state index is -0.241. The van der Waals surface area contributed by atoms with Crippen LogP contribution in [0.3, 0.4) is 0 Å². The van der Waals surface area contributed by atoms with Gasteiger partial charge in [0.2, 0.25) is 0 Å². The van der Waals surface area contributed by atoms with Gasteiger partial charge in [0.25, 0.3) is 0 Å². The van der Waals surface area contributed by atoms with E-state index in [1.165, 1.54) is 36.6 Å². The largest absolute Gasteiger partial charge is 0.465 e. The van der Waals surface area contributed by atoms with Gasteiger partial charge in [-0.1, -0.05) is 12.0 Å². The van der Waals surface area contributed by atoms with Gasteiger partial charge in [-0.25, -0.2) is 0 Å². The second-order valence-corrected chi connectivity index (χ2v) is 5.36. The Morgan fingerprint density at radius 2 is 2.38 bits per heavy atom. The molecule has 112 valence electrons. The average Bonchev–Trinajstić information content (AvgIpc) is 2.52. The SMILES string of the molecule is CC(=O)OCCC#CC[NH+]1CCCC[C@H]1c1cccnc1. The number of nitrogens with zero attached hydrogens (tertiary/aromatic N) is 1. The van der Waals surface area contributed by atoms with Gasteiger partial charge in [-0.2, -0.15) is 0 Å². The third-order valence-electron chi connectivity index (χ3n) is 3.79. The van der Waals surface area contributed by atoms with E-state index < -0.39 is 0 Å². The number of pyridine rings is 1. The first-order valence-corrected chi connectivity index (χ1v) is 7.61. The molecule has 0 aromatic carbocycles. The highest BCUT2D eigenvalue weighted by Gasteiger charge is 2.26. The topological polar surface area (TPSA) is 43.6 Å². The number of hydrogen-bond acceptors (Lipinski definition) is 3. The smallest absolute Gasteiger partial charge is 0.302 e. The van der Waals surface area contributed by atoms with E-state index in [9.17, 15) is 4.79 Å². The van der Waals surface area contributed by atoms with Crippen LogP contribution in [-0.2, 0) is 9.53 Å². The molecule has 0 aliphatic carbocycles. The van der Waals surface area contributed by atoms with Crippen LogP contribution in [0.2, 0.25) is 0 Å². The fourth-order valence-corrected chi connectivity index (χ4v) is 2.79. The van der Waals surface area contributed by atoms with Crippen molar-refractivity contribution in [2.24, 2.45) is 0 Å². The molecule has 1 saturated heterocycles. The van der Waals surface area contributed by atoms with E-state index in [2.05, 4.69) is 22.9 Å². The summed E-state index contributed by atoms with van der Waals surface area (Å²) in [5.41, 5.74) is 1.31.